The molecule has 1 fully saturated rings. The van der Waals surface area contributed by atoms with Crippen molar-refractivity contribution >= 4 is 5.97 Å². The van der Waals surface area contributed by atoms with Gasteiger partial charge < -0.3 is 14.4 Å². The molecule has 0 bridgehead atoms. The van der Waals surface area contributed by atoms with Crippen LogP contribution >= 0.6 is 0 Å². The third-order valence-electron chi connectivity index (χ3n) is 3.78. The molecule has 1 aliphatic rings. The van der Waals surface area contributed by atoms with Crippen LogP contribution in [0.3, 0.4) is 0 Å². The van der Waals surface area contributed by atoms with Gasteiger partial charge in [-0.05, 0) is 24.5 Å². The molecular formula is C17H26N2O3. The van der Waals surface area contributed by atoms with Gasteiger partial charge in [0.1, 0.15) is 18.2 Å². The van der Waals surface area contributed by atoms with Gasteiger partial charge in [0.2, 0.25) is 0 Å². The summed E-state index contributed by atoms with van der Waals surface area (Å²) in [5.74, 6) is 0.469. The first-order valence-corrected chi connectivity index (χ1v) is 7.95. The van der Waals surface area contributed by atoms with E-state index in [-0.39, 0.29) is 5.57 Å². The fourth-order valence-corrected chi connectivity index (χ4v) is 2.16. The third-order valence-corrected chi connectivity index (χ3v) is 3.78. The van der Waals surface area contributed by atoms with Crippen molar-refractivity contribution in [2.75, 3.05) is 26.8 Å². The van der Waals surface area contributed by atoms with Crippen molar-refractivity contribution in [2.45, 2.75) is 39.5 Å². The van der Waals surface area contributed by atoms with E-state index in [1.54, 1.807) is 6.08 Å². The molecule has 5 heteroatoms. The molecule has 0 aliphatic carbocycles. The fraction of sp³-hybridized carbons (Fsp3) is 0.647. The van der Waals surface area contributed by atoms with E-state index in [1.807, 2.05) is 18.0 Å². The van der Waals surface area contributed by atoms with Crippen LogP contribution in [0.5, 0.6) is 0 Å². The molecule has 1 atom stereocenters. The Bertz CT molecular complexity index is 463. The average molecular weight is 306 g/mol. The minimum absolute atomic E-state index is 0.00162. The van der Waals surface area contributed by atoms with Crippen LogP contribution in [-0.4, -0.2) is 37.7 Å². The van der Waals surface area contributed by atoms with Crippen molar-refractivity contribution in [1.82, 2.24) is 4.90 Å². The van der Waals surface area contributed by atoms with Gasteiger partial charge in [0.15, 0.2) is 5.88 Å². The number of allylic oxidation sites excluding steroid dienone is 2. The lowest BCUT2D eigenvalue weighted by Gasteiger charge is -2.14. The highest BCUT2D eigenvalue weighted by Crippen LogP contribution is 2.14. The molecule has 1 heterocycles. The van der Waals surface area contributed by atoms with Crippen molar-refractivity contribution in [3.05, 3.63) is 23.6 Å². The van der Waals surface area contributed by atoms with E-state index in [0.717, 1.165) is 32.2 Å². The maximum Gasteiger partial charge on any atom is 0.348 e. The van der Waals surface area contributed by atoms with Crippen LogP contribution in [-0.2, 0) is 14.3 Å². The highest BCUT2D eigenvalue weighted by molar-refractivity contribution is 5.93. The summed E-state index contributed by atoms with van der Waals surface area (Å²) in [6, 6.07) is 1.89. The number of carbonyl (C=O) groups excluding carboxylic acids is 1. The lowest BCUT2D eigenvalue weighted by atomic mass is 10.0. The van der Waals surface area contributed by atoms with Gasteiger partial charge >= 0.3 is 5.97 Å². The molecule has 0 aromatic heterocycles. The van der Waals surface area contributed by atoms with Crippen LogP contribution in [0.4, 0.5) is 0 Å². The zero-order valence-corrected chi connectivity index (χ0v) is 13.8. The number of hydrogen-bond donors (Lipinski definition) is 0. The lowest BCUT2D eigenvalue weighted by molar-refractivity contribution is -0.140. The first kappa shape index (κ1) is 18.1. The van der Waals surface area contributed by atoms with Crippen LogP contribution in [0.25, 0.3) is 0 Å². The molecule has 1 saturated heterocycles. The third kappa shape index (κ3) is 5.80. The van der Waals surface area contributed by atoms with E-state index >= 15 is 0 Å². The second-order valence-electron chi connectivity index (χ2n) is 5.48. The van der Waals surface area contributed by atoms with Gasteiger partial charge in [0.05, 0.1) is 13.2 Å². The molecular weight excluding hydrogens is 280 g/mol. The number of esters is 1. The molecule has 0 unspecified atom stereocenters. The Balaban J connectivity index is 2.55. The monoisotopic (exact) mass is 306 g/mol. The summed E-state index contributed by atoms with van der Waals surface area (Å²) >= 11 is 0. The normalized spacial score (nSPS) is 18.0. The van der Waals surface area contributed by atoms with Crippen molar-refractivity contribution in [2.24, 2.45) is 5.92 Å². The number of ether oxygens (including phenoxy) is 2. The molecule has 0 N–H and O–H groups in total. The van der Waals surface area contributed by atoms with E-state index in [1.165, 1.54) is 6.08 Å². The molecule has 0 radical (unpaired) electrons. The highest BCUT2D eigenvalue weighted by atomic mass is 16.5. The Labute approximate surface area is 133 Å². The molecule has 0 spiro atoms. The summed E-state index contributed by atoms with van der Waals surface area (Å²) in [5.41, 5.74) is 0.00162. The first-order valence-electron chi connectivity index (χ1n) is 7.95. The quantitative estimate of drug-likeness (QED) is 0.392. The van der Waals surface area contributed by atoms with Crippen molar-refractivity contribution in [3.63, 3.8) is 0 Å². The number of rotatable bonds is 8. The standard InChI is InChI=1S/C17H26N2O3/c1-4-6-7-14(5-2)13-22-17(20)15(12-18)8-9-16-19(3)10-11-21-16/h8-9,14H,4-7,10-11,13H2,1-3H3/b15-8+,16-9+/t14-/m0/s1. The molecule has 5 nitrogen and oxygen atoms in total. The second kappa shape index (κ2) is 9.88. The largest absolute Gasteiger partial charge is 0.477 e. The lowest BCUT2D eigenvalue weighted by Crippen LogP contribution is -2.15. The van der Waals surface area contributed by atoms with E-state index in [9.17, 15) is 4.79 Å². The summed E-state index contributed by atoms with van der Waals surface area (Å²) in [4.78, 5) is 13.9. The van der Waals surface area contributed by atoms with E-state index < -0.39 is 5.97 Å². The number of nitrogens with zero attached hydrogens (tertiary/aromatic N) is 2. The maximum atomic E-state index is 12.0. The predicted molar refractivity (Wildman–Crippen MR) is 84.6 cm³/mol. The number of likely N-dealkylation sites (N-methyl/N-ethyl adjacent to an activating group) is 1. The van der Waals surface area contributed by atoms with Crippen LogP contribution in [0, 0.1) is 17.2 Å². The summed E-state index contributed by atoms with van der Waals surface area (Å²) in [6.45, 7) is 6.04. The molecule has 122 valence electrons. The average Bonchev–Trinajstić information content (AvgIpc) is 2.93. The van der Waals surface area contributed by atoms with Gasteiger partial charge in [-0.3, -0.25) is 0 Å². The summed E-state index contributed by atoms with van der Waals surface area (Å²) in [6.07, 6.45) is 7.39. The second-order valence-corrected chi connectivity index (χ2v) is 5.48. The SMILES string of the molecule is CCCC[C@H](CC)COC(=O)/C(C#N)=C/C=C1/OCCN1C. The Morgan fingerprint density at radius 1 is 1.55 bits per heavy atom. The Kier molecular flexibility index (Phi) is 8.13. The van der Waals surface area contributed by atoms with E-state index in [2.05, 4.69) is 13.8 Å². The molecule has 0 aromatic carbocycles. The number of nitriles is 1. The minimum atomic E-state index is -0.560. The predicted octanol–water partition coefficient (Wildman–Crippen LogP) is 3.00. The van der Waals surface area contributed by atoms with E-state index in [4.69, 9.17) is 14.7 Å². The molecule has 22 heavy (non-hydrogen) atoms. The van der Waals surface area contributed by atoms with Crippen LogP contribution in [0.2, 0.25) is 0 Å². The van der Waals surface area contributed by atoms with Crippen LogP contribution in [0.1, 0.15) is 39.5 Å². The van der Waals surface area contributed by atoms with Gasteiger partial charge in [-0.2, -0.15) is 5.26 Å². The highest BCUT2D eigenvalue weighted by Gasteiger charge is 2.15. The molecule has 1 aliphatic heterocycles. The Morgan fingerprint density at radius 3 is 2.86 bits per heavy atom. The number of unbranched alkanes of at least 4 members (excludes halogenated alkanes) is 1. The first-order chi connectivity index (χ1) is 10.6. The smallest absolute Gasteiger partial charge is 0.348 e. The number of hydrogen-bond acceptors (Lipinski definition) is 5. The van der Waals surface area contributed by atoms with Gasteiger partial charge in [-0.25, -0.2) is 4.79 Å². The van der Waals surface area contributed by atoms with E-state index in [0.29, 0.717) is 25.0 Å². The fourth-order valence-electron chi connectivity index (χ4n) is 2.16. The van der Waals surface area contributed by atoms with Gasteiger partial charge in [0, 0.05) is 7.05 Å². The maximum absolute atomic E-state index is 12.0. The van der Waals surface area contributed by atoms with Crippen molar-refractivity contribution in [3.8, 4) is 6.07 Å². The summed E-state index contributed by atoms with van der Waals surface area (Å²) in [7, 11) is 1.90. The zero-order valence-electron chi connectivity index (χ0n) is 13.8. The number of carbonyl (C=O) groups is 1. The summed E-state index contributed by atoms with van der Waals surface area (Å²) < 4.78 is 10.7. The van der Waals surface area contributed by atoms with Gasteiger partial charge in [-0.15, -0.1) is 0 Å². The Hall–Kier alpha value is -1.96. The molecule has 1 rings (SSSR count). The Morgan fingerprint density at radius 2 is 2.32 bits per heavy atom. The minimum Gasteiger partial charge on any atom is -0.477 e. The van der Waals surface area contributed by atoms with Gasteiger partial charge in [0.25, 0.3) is 0 Å². The van der Waals surface area contributed by atoms with Crippen molar-refractivity contribution < 1.29 is 14.3 Å². The van der Waals surface area contributed by atoms with Crippen LogP contribution in [0.15, 0.2) is 23.6 Å². The summed E-state index contributed by atoms with van der Waals surface area (Å²) in [5, 5.41) is 9.10. The zero-order chi connectivity index (χ0) is 16.4. The van der Waals surface area contributed by atoms with Crippen LogP contribution < -0.4 is 0 Å². The molecule has 0 saturated carbocycles. The van der Waals surface area contributed by atoms with Crippen molar-refractivity contribution in [1.29, 1.82) is 5.26 Å². The topological polar surface area (TPSA) is 62.6 Å². The van der Waals surface area contributed by atoms with Gasteiger partial charge in [-0.1, -0.05) is 33.1 Å². The molecule has 0 aromatic rings. The molecule has 0 amide bonds.